The lowest BCUT2D eigenvalue weighted by molar-refractivity contribution is -0.142. The number of aryl methyl sites for hydroxylation is 1. The number of hydrogen-bond acceptors (Lipinski definition) is 6. The average molecular weight is 585 g/mol. The molecular formula is C30H40N4O6S. The standard InChI is InChI=1S/C30H40N4O6S/c1-20-11-13-21(14-12-20)18-26(35)31-24-9-6-4-2-3-5-8-22-19-30(22,29(38)33-41(39,40)23-15-16-23)32-27(36)25-10-7-17-34(25)28(24)37/h5,8,11-14,22-25H,2-4,6-7,9-10,15-19H2,1H3,(H,31,35)(H,32,36)(H,33,38)/b8-5-. The summed E-state index contributed by atoms with van der Waals surface area (Å²) in [5, 5.41) is 5.22. The largest absolute Gasteiger partial charge is 0.344 e. The quantitative estimate of drug-likeness (QED) is 0.437. The van der Waals surface area contributed by atoms with Gasteiger partial charge in [-0.05, 0) is 63.9 Å². The Labute approximate surface area is 241 Å². The number of nitrogens with zero attached hydrogens (tertiary/aromatic N) is 1. The molecule has 11 heteroatoms. The second kappa shape index (κ2) is 12.0. The fourth-order valence-corrected chi connectivity index (χ4v) is 7.28. The number of hydrogen-bond donors (Lipinski definition) is 3. The number of carbonyl (C=O) groups excluding carboxylic acids is 4. The Morgan fingerprint density at radius 2 is 1.78 bits per heavy atom. The number of sulfonamides is 1. The van der Waals surface area contributed by atoms with Gasteiger partial charge in [-0.15, -0.1) is 0 Å². The minimum Gasteiger partial charge on any atom is -0.344 e. The minimum atomic E-state index is -3.78. The van der Waals surface area contributed by atoms with Crippen molar-refractivity contribution >= 4 is 33.7 Å². The first kappa shape index (κ1) is 29.3. The molecule has 1 saturated heterocycles. The number of fused-ring (bicyclic) bond motifs is 2. The number of rotatable bonds is 6. The summed E-state index contributed by atoms with van der Waals surface area (Å²) in [6, 6.07) is 6.14. The van der Waals surface area contributed by atoms with Crippen molar-refractivity contribution in [1.82, 2.24) is 20.3 Å². The summed E-state index contributed by atoms with van der Waals surface area (Å²) in [7, 11) is -3.78. The summed E-state index contributed by atoms with van der Waals surface area (Å²) in [5.41, 5.74) is 0.601. The van der Waals surface area contributed by atoms with Crippen LogP contribution >= 0.6 is 0 Å². The molecule has 3 N–H and O–H groups in total. The Balaban J connectivity index is 1.32. The molecule has 41 heavy (non-hydrogen) atoms. The van der Waals surface area contributed by atoms with Gasteiger partial charge in [0.15, 0.2) is 0 Å². The van der Waals surface area contributed by atoms with Crippen LogP contribution in [0.15, 0.2) is 36.4 Å². The van der Waals surface area contributed by atoms with E-state index in [0.29, 0.717) is 45.1 Å². The van der Waals surface area contributed by atoms with Gasteiger partial charge in [0.05, 0.1) is 11.7 Å². The molecule has 0 radical (unpaired) electrons. The van der Waals surface area contributed by atoms with E-state index in [-0.39, 0.29) is 24.2 Å². The maximum atomic E-state index is 13.8. The van der Waals surface area contributed by atoms with Crippen molar-refractivity contribution in [2.24, 2.45) is 5.92 Å². The molecule has 10 nitrogen and oxygen atoms in total. The van der Waals surface area contributed by atoms with E-state index >= 15 is 0 Å². The highest BCUT2D eigenvalue weighted by molar-refractivity contribution is 7.91. The van der Waals surface area contributed by atoms with Crippen molar-refractivity contribution in [3.8, 4) is 0 Å². The van der Waals surface area contributed by atoms with Crippen LogP contribution in [0.25, 0.3) is 0 Å². The van der Waals surface area contributed by atoms with E-state index in [1.165, 1.54) is 4.90 Å². The van der Waals surface area contributed by atoms with Gasteiger partial charge in [-0.2, -0.15) is 0 Å². The number of nitrogens with one attached hydrogen (secondary N) is 3. The third-order valence-electron chi connectivity index (χ3n) is 8.65. The highest BCUT2D eigenvalue weighted by Gasteiger charge is 2.61. The van der Waals surface area contributed by atoms with Gasteiger partial charge < -0.3 is 15.5 Å². The molecule has 0 bridgehead atoms. The van der Waals surface area contributed by atoms with Crippen LogP contribution in [0, 0.1) is 12.8 Å². The Morgan fingerprint density at radius 1 is 1.02 bits per heavy atom. The molecule has 2 saturated carbocycles. The zero-order valence-corrected chi connectivity index (χ0v) is 24.4. The summed E-state index contributed by atoms with van der Waals surface area (Å²) in [6.07, 6.45) is 10.1. The topological polar surface area (TPSA) is 142 Å². The SMILES string of the molecule is Cc1ccc(CC(=O)NC2CCCCC/C=C\C3CC3(C(=O)NS(=O)(=O)C3CC3)NC(=O)C3CCCN3C2=O)cc1. The molecule has 1 aromatic rings. The Morgan fingerprint density at radius 3 is 2.51 bits per heavy atom. The summed E-state index contributed by atoms with van der Waals surface area (Å²) in [4.78, 5) is 55.1. The highest BCUT2D eigenvalue weighted by Crippen LogP contribution is 2.46. The van der Waals surface area contributed by atoms with Gasteiger partial charge in [-0.1, -0.05) is 54.8 Å². The Bertz CT molecular complexity index is 1320. The first-order valence-corrected chi connectivity index (χ1v) is 16.3. The predicted molar refractivity (Wildman–Crippen MR) is 153 cm³/mol. The molecule has 0 spiro atoms. The van der Waals surface area contributed by atoms with Gasteiger partial charge in [-0.3, -0.25) is 23.9 Å². The molecule has 2 heterocycles. The maximum Gasteiger partial charge on any atom is 0.259 e. The molecular weight excluding hydrogens is 544 g/mol. The summed E-state index contributed by atoms with van der Waals surface area (Å²) in [5.74, 6) is -2.04. The van der Waals surface area contributed by atoms with Crippen LogP contribution in [0.1, 0.15) is 75.3 Å². The molecule has 4 unspecified atom stereocenters. The fourth-order valence-electron chi connectivity index (χ4n) is 5.91. The van der Waals surface area contributed by atoms with Gasteiger partial charge >= 0.3 is 0 Å². The average Bonchev–Trinajstić information content (AvgIpc) is 3.84. The zero-order valence-electron chi connectivity index (χ0n) is 23.6. The predicted octanol–water partition coefficient (Wildman–Crippen LogP) is 2.02. The van der Waals surface area contributed by atoms with Crippen LogP contribution in [0.4, 0.5) is 0 Å². The van der Waals surface area contributed by atoms with Gasteiger partial charge in [0.1, 0.15) is 17.6 Å². The minimum absolute atomic E-state index is 0.154. The van der Waals surface area contributed by atoms with Crippen LogP contribution in [-0.2, 0) is 35.6 Å². The second-order valence-electron chi connectivity index (χ2n) is 12.0. The van der Waals surface area contributed by atoms with Crippen LogP contribution in [0.2, 0.25) is 0 Å². The molecule has 4 atom stereocenters. The molecule has 2 aliphatic heterocycles. The van der Waals surface area contributed by atoms with Crippen LogP contribution in [0.3, 0.4) is 0 Å². The van der Waals surface area contributed by atoms with Crippen LogP contribution in [-0.4, -0.2) is 66.4 Å². The summed E-state index contributed by atoms with van der Waals surface area (Å²) in [6.45, 7) is 2.35. The Kier molecular flexibility index (Phi) is 8.54. The number of allylic oxidation sites excluding steroid dienone is 1. The van der Waals surface area contributed by atoms with Gasteiger partial charge in [-0.25, -0.2) is 8.42 Å². The first-order valence-electron chi connectivity index (χ1n) is 14.8. The van der Waals surface area contributed by atoms with Gasteiger partial charge in [0.2, 0.25) is 27.7 Å². The third kappa shape index (κ3) is 6.82. The van der Waals surface area contributed by atoms with E-state index in [9.17, 15) is 27.6 Å². The number of amides is 4. The van der Waals surface area contributed by atoms with E-state index in [2.05, 4.69) is 15.4 Å². The van der Waals surface area contributed by atoms with Crippen molar-refractivity contribution in [3.63, 3.8) is 0 Å². The molecule has 3 fully saturated rings. The van der Waals surface area contributed by atoms with Crippen molar-refractivity contribution in [2.45, 2.75) is 100 Å². The van der Waals surface area contributed by atoms with Gasteiger partial charge in [0, 0.05) is 12.5 Å². The second-order valence-corrected chi connectivity index (χ2v) is 13.9. The van der Waals surface area contributed by atoms with Crippen molar-refractivity contribution < 1.29 is 27.6 Å². The fraction of sp³-hybridized carbons (Fsp3) is 0.600. The lowest BCUT2D eigenvalue weighted by Gasteiger charge is -2.30. The van der Waals surface area contributed by atoms with E-state index in [1.54, 1.807) is 0 Å². The highest BCUT2D eigenvalue weighted by atomic mass is 32.2. The maximum absolute atomic E-state index is 13.8. The van der Waals surface area contributed by atoms with Crippen molar-refractivity contribution in [3.05, 3.63) is 47.5 Å². The molecule has 5 rings (SSSR count). The molecule has 222 valence electrons. The zero-order chi connectivity index (χ0) is 29.2. The van der Waals surface area contributed by atoms with E-state index in [1.807, 2.05) is 43.3 Å². The smallest absolute Gasteiger partial charge is 0.259 e. The van der Waals surface area contributed by atoms with Crippen LogP contribution < -0.4 is 15.4 Å². The van der Waals surface area contributed by atoms with E-state index in [0.717, 1.165) is 36.8 Å². The molecule has 4 aliphatic rings. The number of benzene rings is 1. The normalized spacial score (nSPS) is 29.7. The van der Waals surface area contributed by atoms with E-state index in [4.69, 9.17) is 0 Å². The van der Waals surface area contributed by atoms with Gasteiger partial charge in [0.25, 0.3) is 5.91 Å². The van der Waals surface area contributed by atoms with Crippen molar-refractivity contribution in [1.29, 1.82) is 0 Å². The van der Waals surface area contributed by atoms with Crippen molar-refractivity contribution in [2.75, 3.05) is 6.54 Å². The molecule has 2 aliphatic carbocycles. The first-order chi connectivity index (χ1) is 19.6. The third-order valence-corrected chi connectivity index (χ3v) is 10.5. The molecule has 1 aromatic carbocycles. The lowest BCUT2D eigenvalue weighted by atomic mass is 10.0. The molecule has 0 aromatic heterocycles. The summed E-state index contributed by atoms with van der Waals surface area (Å²) >= 11 is 0. The lowest BCUT2D eigenvalue weighted by Crippen LogP contribution is -2.58. The molecule has 4 amide bonds. The Hall–Kier alpha value is -3.21. The summed E-state index contributed by atoms with van der Waals surface area (Å²) < 4.78 is 27.2. The monoisotopic (exact) mass is 584 g/mol. The van der Waals surface area contributed by atoms with Crippen LogP contribution in [0.5, 0.6) is 0 Å². The van der Waals surface area contributed by atoms with E-state index < -0.39 is 44.7 Å². The number of carbonyl (C=O) groups is 4.